The Morgan fingerprint density at radius 3 is 2.22 bits per heavy atom. The Morgan fingerprint density at radius 2 is 1.64 bits per heavy atom. The number of H-pyrrole nitrogens is 1. The van der Waals surface area contributed by atoms with Crippen molar-refractivity contribution in [3.63, 3.8) is 0 Å². The third kappa shape index (κ3) is 15.4. The number of alkyl halides is 6. The van der Waals surface area contributed by atoms with E-state index in [1.165, 1.54) is 20.9 Å². The molecule has 396 valence electrons. The van der Waals surface area contributed by atoms with E-state index in [9.17, 15) is 58.7 Å². The Bertz CT molecular complexity index is 3200. The summed E-state index contributed by atoms with van der Waals surface area (Å²) in [6, 6.07) is 10.9. The van der Waals surface area contributed by atoms with Gasteiger partial charge in [-0.25, -0.2) is 27.0 Å². The molecule has 0 aliphatic carbocycles. The van der Waals surface area contributed by atoms with Crippen LogP contribution >= 0.6 is 34.8 Å². The highest BCUT2D eigenvalue weighted by molar-refractivity contribution is 7.90. The number of hydrogen-bond acceptors (Lipinski definition) is 12. The molecule has 73 heavy (non-hydrogen) atoms. The van der Waals surface area contributed by atoms with Gasteiger partial charge in [-0.1, -0.05) is 43.0 Å². The molecule has 0 radical (unpaired) electrons. The van der Waals surface area contributed by atoms with Crippen LogP contribution in [0.4, 0.5) is 26.3 Å². The lowest BCUT2D eigenvalue weighted by Crippen LogP contribution is -2.25. The van der Waals surface area contributed by atoms with Crippen molar-refractivity contribution in [1.29, 1.82) is 0 Å². The minimum absolute atomic E-state index is 0.0424. The molecule has 0 aliphatic rings. The van der Waals surface area contributed by atoms with Gasteiger partial charge in [0.25, 0.3) is 5.56 Å². The van der Waals surface area contributed by atoms with Crippen molar-refractivity contribution in [2.75, 3.05) is 19.5 Å². The number of sulfone groups is 1. The summed E-state index contributed by atoms with van der Waals surface area (Å²) in [6.45, 7) is 5.16. The molecule has 6 aromatic rings. The number of benzene rings is 3. The van der Waals surface area contributed by atoms with Crippen LogP contribution < -0.4 is 16.0 Å². The normalized spacial score (nSPS) is 12.3. The summed E-state index contributed by atoms with van der Waals surface area (Å²) in [5.41, 5.74) is -3.23. The number of nitrogens with one attached hydrogen (secondary N) is 1. The molecule has 2 atom stereocenters. The Kier molecular flexibility index (Phi) is 20.9. The van der Waals surface area contributed by atoms with Crippen molar-refractivity contribution in [2.24, 2.45) is 7.05 Å². The van der Waals surface area contributed by atoms with Crippen LogP contribution in [0.5, 0.6) is 5.75 Å². The first-order chi connectivity index (χ1) is 34.1. The number of carbonyl (C=O) groups excluding carboxylic acids is 3. The molecule has 2 unspecified atom stereocenters. The van der Waals surface area contributed by atoms with Crippen LogP contribution in [0.1, 0.15) is 91.6 Å². The minimum atomic E-state index is -4.76. The van der Waals surface area contributed by atoms with Gasteiger partial charge in [0.1, 0.15) is 33.7 Å². The lowest BCUT2D eigenvalue weighted by molar-refractivity contribution is -0.151. The zero-order valence-electron chi connectivity index (χ0n) is 40.1. The molecule has 6 rings (SSSR count). The first-order valence-electron chi connectivity index (χ1n) is 21.9. The Morgan fingerprint density at radius 1 is 0.959 bits per heavy atom. The van der Waals surface area contributed by atoms with E-state index in [0.29, 0.717) is 39.4 Å². The number of pyridine rings is 1. The van der Waals surface area contributed by atoms with Gasteiger partial charge in [0, 0.05) is 47.6 Å². The molecule has 16 nitrogen and oxygen atoms in total. The maximum Gasteiger partial charge on any atom is 0.416 e. The molecule has 0 fully saturated rings. The van der Waals surface area contributed by atoms with E-state index < -0.39 is 72.8 Å². The van der Waals surface area contributed by atoms with Crippen LogP contribution in [0.3, 0.4) is 0 Å². The number of ketones is 1. The van der Waals surface area contributed by atoms with Crippen LogP contribution in [0.25, 0.3) is 16.6 Å². The standard InChI is InChI=1S/C18H22ClNO3.C15H14Cl2F3N3O3.C14H13F3N2O4S/c1-3-4-5-7-13(2)23-17(21)12-22-16-10-9-15(19)14-8-6-11-20-18(14)16;1-3-26-13(24)10(17)4-8-5-12(11(18)6-9(8)16)23-15(25)22(14(19)20)7(2)21-23;1-7-11(13(21)19(2)18-7)12(20)9-5-4-8(14(15,16)17)6-10(9)24(3,22)23/h6,8-11,13H,3-5,7,12H2,1-2H3;5-6,10,14H,3-4H2,1-2H3;4-6,18H,1-3H3. The van der Waals surface area contributed by atoms with Crippen LogP contribution in [-0.2, 0) is 48.5 Å². The van der Waals surface area contributed by atoms with Gasteiger partial charge in [-0.3, -0.25) is 29.1 Å². The lowest BCUT2D eigenvalue weighted by Gasteiger charge is -2.14. The molecule has 1 N–H and O–H groups in total. The monoisotopic (exact) mass is 1110 g/mol. The van der Waals surface area contributed by atoms with Gasteiger partial charge in [-0.15, -0.1) is 16.7 Å². The number of carbonyl (C=O) groups is 3. The number of aromatic nitrogens is 6. The molecule has 0 saturated heterocycles. The molecule has 0 spiro atoms. The number of aromatic amines is 1. The van der Waals surface area contributed by atoms with Gasteiger partial charge in [-0.05, 0) is 101 Å². The molecule has 0 bridgehead atoms. The van der Waals surface area contributed by atoms with Crippen LogP contribution in [0, 0.1) is 19.7 Å². The highest BCUT2D eigenvalue weighted by Crippen LogP contribution is 2.33. The van der Waals surface area contributed by atoms with Crippen molar-refractivity contribution in [3.8, 4) is 11.4 Å². The second-order valence-corrected chi connectivity index (χ2v) is 19.3. The molecule has 0 saturated carbocycles. The summed E-state index contributed by atoms with van der Waals surface area (Å²) in [6.07, 6.45) is 1.65. The number of halogens is 9. The predicted octanol–water partition coefficient (Wildman–Crippen LogP) is 9.70. The molecule has 26 heteroatoms. The summed E-state index contributed by atoms with van der Waals surface area (Å²) in [7, 11) is -2.77. The van der Waals surface area contributed by atoms with E-state index in [-0.39, 0.29) is 69.6 Å². The molecule has 3 aromatic heterocycles. The third-order valence-electron chi connectivity index (χ3n) is 10.4. The van der Waals surface area contributed by atoms with Crippen molar-refractivity contribution in [1.82, 2.24) is 29.1 Å². The van der Waals surface area contributed by atoms with Crippen LogP contribution in [0.2, 0.25) is 10.0 Å². The summed E-state index contributed by atoms with van der Waals surface area (Å²) in [4.78, 5) is 63.6. The van der Waals surface area contributed by atoms with E-state index in [1.54, 1.807) is 25.3 Å². The van der Waals surface area contributed by atoms with E-state index >= 15 is 0 Å². The number of aryl methyl sites for hydroxylation is 3. The fourth-order valence-electron chi connectivity index (χ4n) is 6.91. The van der Waals surface area contributed by atoms with E-state index in [1.807, 2.05) is 19.1 Å². The summed E-state index contributed by atoms with van der Waals surface area (Å²) in [5.74, 6) is -2.71. The Labute approximate surface area is 429 Å². The second-order valence-electron chi connectivity index (χ2n) is 16.0. The van der Waals surface area contributed by atoms with Gasteiger partial charge in [-0.2, -0.15) is 26.6 Å². The van der Waals surface area contributed by atoms with Crippen molar-refractivity contribution in [3.05, 3.63) is 131 Å². The minimum Gasteiger partial charge on any atom is -0.480 e. The highest BCUT2D eigenvalue weighted by Gasteiger charge is 2.34. The zero-order chi connectivity index (χ0) is 54.7. The van der Waals surface area contributed by atoms with Gasteiger partial charge >= 0.3 is 30.4 Å². The SMILES string of the molecule is CCCCCC(C)OC(=O)COc1ccc(Cl)c2cccnc12.CCOC(=O)C(Cl)Cc1cc(-n2nc(C)n(C(F)F)c2=O)c(F)cc1Cl.Cc1[nH]n(C)c(=O)c1C(=O)c1ccc(C(F)(F)F)cc1S(C)(=O)=O. The molecule has 3 heterocycles. The number of esters is 2. The largest absolute Gasteiger partial charge is 0.480 e. The highest BCUT2D eigenvalue weighted by atomic mass is 35.5. The molecule has 0 aliphatic heterocycles. The first kappa shape index (κ1) is 59.4. The number of ether oxygens (including phenoxy) is 3. The molecule has 0 amide bonds. The smallest absolute Gasteiger partial charge is 0.416 e. The first-order valence-corrected chi connectivity index (χ1v) is 25.0. The molecular formula is C47H49Cl3F6N6O10S. The van der Waals surface area contributed by atoms with E-state index in [2.05, 4.69) is 22.1 Å². The van der Waals surface area contributed by atoms with Gasteiger partial charge in [0.05, 0.1) is 28.2 Å². The molecule has 3 aromatic carbocycles. The van der Waals surface area contributed by atoms with Crippen LogP contribution in [-0.4, -0.2) is 86.2 Å². The second kappa shape index (κ2) is 25.7. The summed E-state index contributed by atoms with van der Waals surface area (Å²) in [5, 5.41) is 6.50. The quantitative estimate of drug-likeness (QED) is 0.0298. The summed E-state index contributed by atoms with van der Waals surface area (Å²) < 4.78 is 120. The van der Waals surface area contributed by atoms with E-state index in [4.69, 9.17) is 49.0 Å². The average Bonchev–Trinajstić information content (AvgIpc) is 3.76. The topological polar surface area (TPSA) is 204 Å². The van der Waals surface area contributed by atoms with Gasteiger partial charge in [0.15, 0.2) is 22.3 Å². The third-order valence-corrected chi connectivity index (χ3v) is 12.6. The summed E-state index contributed by atoms with van der Waals surface area (Å²) >= 11 is 18.0. The molecular weight excluding hydrogens is 1060 g/mol. The number of nitrogens with zero attached hydrogens (tertiary/aromatic N) is 5. The number of hydrogen-bond donors (Lipinski definition) is 1. The average molecular weight is 1110 g/mol. The van der Waals surface area contributed by atoms with Gasteiger partial charge < -0.3 is 14.2 Å². The van der Waals surface area contributed by atoms with Crippen molar-refractivity contribution in [2.45, 2.75) is 95.8 Å². The predicted molar refractivity (Wildman–Crippen MR) is 259 cm³/mol. The Hall–Kier alpha value is -6.17. The maximum atomic E-state index is 14.2. The van der Waals surface area contributed by atoms with Crippen LogP contribution in [0.15, 0.2) is 75.3 Å². The van der Waals surface area contributed by atoms with Crippen molar-refractivity contribution >= 4 is 73.3 Å². The van der Waals surface area contributed by atoms with Crippen molar-refractivity contribution < 1.29 is 63.4 Å². The fraction of sp³-hybridized carbons (Fsp3) is 0.383. The Balaban J connectivity index is 0.000000238. The van der Waals surface area contributed by atoms with E-state index in [0.717, 1.165) is 54.0 Å². The van der Waals surface area contributed by atoms with Gasteiger partial charge in [0.2, 0.25) is 5.78 Å². The number of rotatable bonds is 17. The number of unbranched alkanes of at least 4 members (excludes halogenated alkanes) is 2. The lowest BCUT2D eigenvalue weighted by atomic mass is 10.0. The zero-order valence-corrected chi connectivity index (χ0v) is 43.2. The number of fused-ring (bicyclic) bond motifs is 1. The maximum absolute atomic E-state index is 14.2. The fourth-order valence-corrected chi connectivity index (χ4v) is 8.49.